The van der Waals surface area contributed by atoms with Crippen molar-refractivity contribution in [2.45, 2.75) is 69.9 Å². The third-order valence-electron chi connectivity index (χ3n) is 8.23. The van der Waals surface area contributed by atoms with E-state index >= 15 is 0 Å². The number of carbonyl (C=O) groups is 2. The lowest BCUT2D eigenvalue weighted by molar-refractivity contribution is -0.124. The van der Waals surface area contributed by atoms with Gasteiger partial charge in [-0.3, -0.25) is 19.4 Å². The van der Waals surface area contributed by atoms with Crippen molar-refractivity contribution in [1.29, 1.82) is 0 Å². The molecule has 0 bridgehead atoms. The molecule has 35 heavy (non-hydrogen) atoms. The smallest absolute Gasteiger partial charge is 0.253 e. The molecule has 3 fully saturated rings. The van der Waals surface area contributed by atoms with E-state index in [9.17, 15) is 9.59 Å². The molecule has 0 aromatic heterocycles. The third-order valence-corrected chi connectivity index (χ3v) is 8.23. The molecule has 194 valence electrons. The lowest BCUT2D eigenvalue weighted by Gasteiger charge is -2.48. The molecule has 0 spiro atoms. The van der Waals surface area contributed by atoms with Crippen molar-refractivity contribution in [1.82, 2.24) is 20.0 Å². The van der Waals surface area contributed by atoms with Crippen LogP contribution >= 0.6 is 0 Å². The Bertz CT molecular complexity index is 798. The first-order valence-electron chi connectivity index (χ1n) is 13.8. The van der Waals surface area contributed by atoms with Crippen molar-refractivity contribution in [3.63, 3.8) is 0 Å². The number of ether oxygens (including phenoxy) is 1. The lowest BCUT2D eigenvalue weighted by Crippen LogP contribution is -2.60. The van der Waals surface area contributed by atoms with Crippen LogP contribution in [0.3, 0.4) is 0 Å². The summed E-state index contributed by atoms with van der Waals surface area (Å²) in [6.07, 6.45) is 8.99. The van der Waals surface area contributed by atoms with E-state index < -0.39 is 0 Å². The van der Waals surface area contributed by atoms with Crippen molar-refractivity contribution in [2.75, 3.05) is 59.0 Å². The van der Waals surface area contributed by atoms with Gasteiger partial charge >= 0.3 is 0 Å². The minimum absolute atomic E-state index is 0.0937. The molecule has 0 atom stereocenters. The normalized spacial score (nSPS) is 21.7. The molecule has 3 aliphatic rings. The van der Waals surface area contributed by atoms with Crippen LogP contribution in [0.15, 0.2) is 30.3 Å². The molecule has 7 heteroatoms. The maximum absolute atomic E-state index is 13.1. The summed E-state index contributed by atoms with van der Waals surface area (Å²) in [6, 6.07) is 9.89. The van der Waals surface area contributed by atoms with Crippen LogP contribution in [-0.2, 0) is 9.53 Å². The highest BCUT2D eigenvalue weighted by Crippen LogP contribution is 2.34. The predicted molar refractivity (Wildman–Crippen MR) is 138 cm³/mol. The Morgan fingerprint density at radius 2 is 1.71 bits per heavy atom. The maximum atomic E-state index is 13.1. The molecule has 7 nitrogen and oxygen atoms in total. The molecule has 4 rings (SSSR count). The fourth-order valence-electron chi connectivity index (χ4n) is 6.23. The first kappa shape index (κ1) is 26.1. The Balaban J connectivity index is 1.29. The number of nitrogens with zero attached hydrogens (tertiary/aromatic N) is 3. The van der Waals surface area contributed by atoms with Gasteiger partial charge in [0.15, 0.2) is 0 Å². The number of piperidine rings is 1. The van der Waals surface area contributed by atoms with E-state index in [1.807, 2.05) is 35.2 Å². The number of carbonyl (C=O) groups excluding carboxylic acids is 2. The average Bonchev–Trinajstić information content (AvgIpc) is 2.93. The quantitative estimate of drug-likeness (QED) is 0.583. The third kappa shape index (κ3) is 6.83. The van der Waals surface area contributed by atoms with Crippen LogP contribution < -0.4 is 5.32 Å². The largest absolute Gasteiger partial charge is 0.379 e. The van der Waals surface area contributed by atoms with Crippen LogP contribution in [0.5, 0.6) is 0 Å². The van der Waals surface area contributed by atoms with E-state index in [0.717, 1.165) is 77.3 Å². The van der Waals surface area contributed by atoms with Crippen LogP contribution in [0.1, 0.15) is 68.6 Å². The van der Waals surface area contributed by atoms with Gasteiger partial charge in [-0.15, -0.1) is 0 Å². The van der Waals surface area contributed by atoms with Crippen molar-refractivity contribution in [3.8, 4) is 0 Å². The van der Waals surface area contributed by atoms with E-state index in [1.165, 1.54) is 32.1 Å². The molecule has 2 aliphatic heterocycles. The average molecular weight is 485 g/mol. The monoisotopic (exact) mass is 484 g/mol. The highest BCUT2D eigenvalue weighted by atomic mass is 16.5. The zero-order valence-corrected chi connectivity index (χ0v) is 21.6. The minimum atomic E-state index is 0.0937. The van der Waals surface area contributed by atoms with Crippen LogP contribution in [0.2, 0.25) is 0 Å². The number of morpholine rings is 1. The number of rotatable bonds is 9. The number of likely N-dealkylation sites (tertiary alicyclic amines) is 1. The molecule has 1 saturated carbocycles. The summed E-state index contributed by atoms with van der Waals surface area (Å²) in [5.41, 5.74) is 0.851. The lowest BCUT2D eigenvalue weighted by atomic mass is 9.79. The standard InChI is InChI=1S/C28H44N4O3/c1-2-15-31(25-11-16-30(17-12-25)27(34)24-9-5-3-6-10-24)22-26(33)29-23-28(13-7-4-8-14-28)32-18-20-35-21-19-32/h3,5-6,9-10,25H,2,4,7-8,11-23H2,1H3,(H,29,33). The molecule has 2 saturated heterocycles. The molecular weight excluding hydrogens is 440 g/mol. The molecule has 0 unspecified atom stereocenters. The predicted octanol–water partition coefficient (Wildman–Crippen LogP) is 3.15. The van der Waals surface area contributed by atoms with Crippen LogP contribution in [0, 0.1) is 0 Å². The summed E-state index contributed by atoms with van der Waals surface area (Å²) in [5.74, 6) is 0.254. The molecule has 2 amide bonds. The highest BCUT2D eigenvalue weighted by Gasteiger charge is 2.39. The van der Waals surface area contributed by atoms with E-state index in [1.54, 1.807) is 0 Å². The summed E-state index contributed by atoms with van der Waals surface area (Å²) in [4.78, 5) is 32.8. The van der Waals surface area contributed by atoms with Gasteiger partial charge in [0.05, 0.1) is 19.8 Å². The summed E-state index contributed by atoms with van der Waals surface area (Å²) in [7, 11) is 0. The van der Waals surface area contributed by atoms with Crippen molar-refractivity contribution < 1.29 is 14.3 Å². The number of nitrogens with one attached hydrogen (secondary N) is 1. The number of hydrogen-bond donors (Lipinski definition) is 1. The SMILES string of the molecule is CCCN(CC(=O)NCC1(N2CCOCC2)CCCCC1)C1CCN(C(=O)c2ccccc2)CC1. The summed E-state index contributed by atoms with van der Waals surface area (Å²) in [6.45, 7) is 9.32. The highest BCUT2D eigenvalue weighted by molar-refractivity contribution is 5.94. The van der Waals surface area contributed by atoms with Gasteiger partial charge in [-0.25, -0.2) is 0 Å². The topological polar surface area (TPSA) is 65.1 Å². The van der Waals surface area contributed by atoms with E-state index in [4.69, 9.17) is 4.74 Å². The van der Waals surface area contributed by atoms with E-state index in [2.05, 4.69) is 22.0 Å². The number of benzene rings is 1. The zero-order valence-electron chi connectivity index (χ0n) is 21.6. The van der Waals surface area contributed by atoms with Crippen molar-refractivity contribution >= 4 is 11.8 Å². The zero-order chi connectivity index (χ0) is 24.5. The van der Waals surface area contributed by atoms with Gasteiger partial charge < -0.3 is 15.0 Å². The van der Waals surface area contributed by atoms with E-state index in [0.29, 0.717) is 12.6 Å². The summed E-state index contributed by atoms with van der Waals surface area (Å²) >= 11 is 0. The summed E-state index contributed by atoms with van der Waals surface area (Å²) < 4.78 is 5.60. The summed E-state index contributed by atoms with van der Waals surface area (Å²) in [5, 5.41) is 3.34. The second-order valence-corrected chi connectivity index (χ2v) is 10.5. The van der Waals surface area contributed by atoms with Gasteiger partial charge in [-0.05, 0) is 50.8 Å². The Hall–Kier alpha value is -1.96. The Labute approximate surface area is 211 Å². The number of amides is 2. The molecule has 1 aliphatic carbocycles. The molecular formula is C28H44N4O3. The van der Waals surface area contributed by atoms with Crippen molar-refractivity contribution in [2.24, 2.45) is 0 Å². The fraction of sp³-hybridized carbons (Fsp3) is 0.714. The van der Waals surface area contributed by atoms with Crippen molar-refractivity contribution in [3.05, 3.63) is 35.9 Å². The molecule has 2 heterocycles. The molecule has 0 radical (unpaired) electrons. The van der Waals surface area contributed by atoms with Gasteiger partial charge in [0.25, 0.3) is 5.91 Å². The Kier molecular flexibility index (Phi) is 9.58. The van der Waals surface area contributed by atoms with Gasteiger partial charge in [-0.2, -0.15) is 0 Å². The van der Waals surface area contributed by atoms with Crippen LogP contribution in [0.25, 0.3) is 0 Å². The molecule has 1 aromatic carbocycles. The Morgan fingerprint density at radius 3 is 2.37 bits per heavy atom. The second-order valence-electron chi connectivity index (χ2n) is 10.5. The molecule has 1 N–H and O–H groups in total. The van der Waals surface area contributed by atoms with Gasteiger partial charge in [0.1, 0.15) is 0 Å². The van der Waals surface area contributed by atoms with Gasteiger partial charge in [-0.1, -0.05) is 44.4 Å². The van der Waals surface area contributed by atoms with Gasteiger partial charge in [0, 0.05) is 49.9 Å². The fourth-order valence-corrected chi connectivity index (χ4v) is 6.23. The maximum Gasteiger partial charge on any atom is 0.253 e. The van der Waals surface area contributed by atoms with Crippen LogP contribution in [0.4, 0.5) is 0 Å². The minimum Gasteiger partial charge on any atom is -0.379 e. The Morgan fingerprint density at radius 1 is 1.03 bits per heavy atom. The van der Waals surface area contributed by atoms with E-state index in [-0.39, 0.29) is 17.4 Å². The first-order valence-corrected chi connectivity index (χ1v) is 13.8. The van der Waals surface area contributed by atoms with Crippen LogP contribution in [-0.4, -0.2) is 97.1 Å². The number of hydrogen-bond acceptors (Lipinski definition) is 5. The molecule has 1 aromatic rings. The first-order chi connectivity index (χ1) is 17.1. The van der Waals surface area contributed by atoms with Gasteiger partial charge in [0.2, 0.25) is 5.91 Å². The second kappa shape index (κ2) is 12.8.